The molecule has 0 aliphatic carbocycles. The van der Waals surface area contributed by atoms with Crippen LogP contribution in [0.15, 0.2) is 48.2 Å². The maximum absolute atomic E-state index is 12.5. The van der Waals surface area contributed by atoms with Crippen LogP contribution < -0.4 is 10.6 Å². The number of pyridine rings is 2. The van der Waals surface area contributed by atoms with Crippen LogP contribution in [-0.4, -0.2) is 33.9 Å². The van der Waals surface area contributed by atoms with Gasteiger partial charge in [-0.05, 0) is 55.6 Å². The zero-order valence-electron chi connectivity index (χ0n) is 14.9. The molecule has 4 rings (SSSR count). The molecule has 1 saturated heterocycles. The highest BCUT2D eigenvalue weighted by Gasteiger charge is 2.17. The highest BCUT2D eigenvalue weighted by Crippen LogP contribution is 2.22. The molecular weight excluding hydrogens is 358 g/mol. The Kier molecular flexibility index (Phi) is 5.50. The van der Waals surface area contributed by atoms with Gasteiger partial charge in [-0.15, -0.1) is 11.3 Å². The number of aromatic nitrogens is 3. The van der Waals surface area contributed by atoms with Gasteiger partial charge in [0.1, 0.15) is 11.5 Å². The van der Waals surface area contributed by atoms with Crippen molar-refractivity contribution in [2.24, 2.45) is 5.92 Å². The molecular formula is C20H21N5OS. The van der Waals surface area contributed by atoms with Crippen LogP contribution in [0, 0.1) is 5.92 Å². The van der Waals surface area contributed by atoms with Gasteiger partial charge in [0.25, 0.3) is 5.91 Å². The largest absolute Gasteiger partial charge is 0.316 e. The van der Waals surface area contributed by atoms with Crippen LogP contribution in [-0.2, 0) is 6.42 Å². The summed E-state index contributed by atoms with van der Waals surface area (Å²) in [5.41, 5.74) is 2.39. The molecule has 1 fully saturated rings. The maximum Gasteiger partial charge on any atom is 0.276 e. The summed E-state index contributed by atoms with van der Waals surface area (Å²) in [5, 5.41) is 9.11. The van der Waals surface area contributed by atoms with Crippen molar-refractivity contribution in [2.75, 3.05) is 18.4 Å². The number of anilines is 1. The van der Waals surface area contributed by atoms with Gasteiger partial charge >= 0.3 is 0 Å². The zero-order valence-corrected chi connectivity index (χ0v) is 15.7. The normalized spacial score (nSPS) is 16.8. The first-order valence-electron chi connectivity index (χ1n) is 9.11. The highest BCUT2D eigenvalue weighted by atomic mass is 32.1. The standard InChI is InChI=1S/C20H21N5OS/c26-20(17-13-27-19(24-17)9-14-3-1-6-21-11-14)25-18-10-15(5-8-23-18)16-4-2-7-22-12-16/h2,4-5,7-8,10,12-14,21H,1,3,6,9,11H2,(H,23,25,26)/t14-/m1/s1. The Morgan fingerprint density at radius 1 is 1.30 bits per heavy atom. The fraction of sp³-hybridized carbons (Fsp3) is 0.300. The number of nitrogens with one attached hydrogen (secondary N) is 2. The molecule has 0 spiro atoms. The number of piperidine rings is 1. The molecule has 7 heteroatoms. The summed E-state index contributed by atoms with van der Waals surface area (Å²) in [6, 6.07) is 7.59. The first-order chi connectivity index (χ1) is 13.3. The lowest BCUT2D eigenvalue weighted by atomic mass is 9.97. The van der Waals surface area contributed by atoms with E-state index in [-0.39, 0.29) is 5.91 Å². The fourth-order valence-corrected chi connectivity index (χ4v) is 4.14. The number of amides is 1. The molecule has 27 heavy (non-hydrogen) atoms. The van der Waals surface area contributed by atoms with Crippen molar-refractivity contribution < 1.29 is 4.79 Å². The Labute approximate surface area is 162 Å². The number of carbonyl (C=O) groups is 1. The van der Waals surface area contributed by atoms with E-state index in [1.165, 1.54) is 12.8 Å². The van der Waals surface area contributed by atoms with Crippen molar-refractivity contribution in [1.29, 1.82) is 0 Å². The number of carbonyl (C=O) groups excluding carboxylic acids is 1. The monoisotopic (exact) mass is 379 g/mol. The lowest BCUT2D eigenvalue weighted by Crippen LogP contribution is -2.30. The lowest BCUT2D eigenvalue weighted by Gasteiger charge is -2.21. The number of rotatable bonds is 5. The van der Waals surface area contributed by atoms with Gasteiger partial charge in [0, 0.05) is 36.0 Å². The third kappa shape index (κ3) is 4.56. The smallest absolute Gasteiger partial charge is 0.276 e. The Morgan fingerprint density at radius 2 is 2.26 bits per heavy atom. The Hall–Kier alpha value is -2.64. The predicted octanol–water partition coefficient (Wildman–Crippen LogP) is 3.39. The molecule has 0 bridgehead atoms. The van der Waals surface area contributed by atoms with E-state index in [9.17, 15) is 4.79 Å². The number of hydrogen-bond donors (Lipinski definition) is 2. The van der Waals surface area contributed by atoms with E-state index in [4.69, 9.17) is 0 Å². The minimum atomic E-state index is -0.227. The summed E-state index contributed by atoms with van der Waals surface area (Å²) in [7, 11) is 0. The lowest BCUT2D eigenvalue weighted by molar-refractivity contribution is 0.102. The third-order valence-electron chi connectivity index (χ3n) is 4.64. The van der Waals surface area contributed by atoms with E-state index in [0.29, 0.717) is 17.4 Å². The van der Waals surface area contributed by atoms with Crippen molar-refractivity contribution in [3.8, 4) is 11.1 Å². The van der Waals surface area contributed by atoms with Gasteiger partial charge in [0.2, 0.25) is 0 Å². The van der Waals surface area contributed by atoms with Crippen LogP contribution in [0.1, 0.15) is 28.3 Å². The number of nitrogens with zero attached hydrogens (tertiary/aromatic N) is 3. The summed E-state index contributed by atoms with van der Waals surface area (Å²) in [4.78, 5) is 25.4. The minimum absolute atomic E-state index is 0.227. The van der Waals surface area contributed by atoms with Gasteiger partial charge in [0.05, 0.1) is 5.01 Å². The summed E-state index contributed by atoms with van der Waals surface area (Å²) < 4.78 is 0. The second kappa shape index (κ2) is 8.37. The van der Waals surface area contributed by atoms with Crippen molar-refractivity contribution in [1.82, 2.24) is 20.3 Å². The molecule has 138 valence electrons. The van der Waals surface area contributed by atoms with Crippen LogP contribution in [0.25, 0.3) is 11.1 Å². The quantitative estimate of drug-likeness (QED) is 0.710. The summed E-state index contributed by atoms with van der Waals surface area (Å²) >= 11 is 1.55. The molecule has 1 aliphatic heterocycles. The summed E-state index contributed by atoms with van der Waals surface area (Å²) in [6.07, 6.45) is 8.56. The van der Waals surface area contributed by atoms with Crippen LogP contribution >= 0.6 is 11.3 Å². The summed E-state index contributed by atoms with van der Waals surface area (Å²) in [6.45, 7) is 2.14. The molecule has 6 nitrogen and oxygen atoms in total. The Balaban J connectivity index is 1.42. The molecule has 0 unspecified atom stereocenters. The van der Waals surface area contributed by atoms with Gasteiger partial charge in [-0.2, -0.15) is 0 Å². The van der Waals surface area contributed by atoms with Crippen LogP contribution in [0.5, 0.6) is 0 Å². The number of hydrogen-bond acceptors (Lipinski definition) is 6. The summed E-state index contributed by atoms with van der Waals surface area (Å²) in [5.74, 6) is 0.890. The molecule has 4 heterocycles. The molecule has 3 aromatic heterocycles. The Morgan fingerprint density at radius 3 is 3.07 bits per heavy atom. The number of thiazole rings is 1. The molecule has 0 saturated carbocycles. The van der Waals surface area contributed by atoms with Crippen molar-refractivity contribution in [3.05, 3.63) is 58.9 Å². The first kappa shape index (κ1) is 17.8. The second-order valence-corrected chi connectivity index (χ2v) is 7.61. The topological polar surface area (TPSA) is 79.8 Å². The molecule has 0 aromatic carbocycles. The predicted molar refractivity (Wildman–Crippen MR) is 107 cm³/mol. The Bertz CT molecular complexity index is 906. The van der Waals surface area contributed by atoms with Gasteiger partial charge in [-0.1, -0.05) is 6.07 Å². The third-order valence-corrected chi connectivity index (χ3v) is 5.51. The average molecular weight is 379 g/mol. The highest BCUT2D eigenvalue weighted by molar-refractivity contribution is 7.09. The van der Waals surface area contributed by atoms with Gasteiger partial charge in [-0.25, -0.2) is 9.97 Å². The van der Waals surface area contributed by atoms with E-state index in [1.54, 1.807) is 29.9 Å². The van der Waals surface area contributed by atoms with Crippen LogP contribution in [0.2, 0.25) is 0 Å². The molecule has 3 aromatic rings. The van der Waals surface area contributed by atoms with E-state index in [0.717, 1.165) is 35.6 Å². The first-order valence-corrected chi connectivity index (χ1v) is 9.99. The maximum atomic E-state index is 12.5. The van der Waals surface area contributed by atoms with Crippen molar-refractivity contribution >= 4 is 23.1 Å². The van der Waals surface area contributed by atoms with E-state index < -0.39 is 0 Å². The van der Waals surface area contributed by atoms with Crippen LogP contribution in [0.4, 0.5) is 5.82 Å². The van der Waals surface area contributed by atoms with Gasteiger partial charge in [0.15, 0.2) is 0 Å². The van der Waals surface area contributed by atoms with Crippen molar-refractivity contribution in [2.45, 2.75) is 19.3 Å². The van der Waals surface area contributed by atoms with Gasteiger partial charge in [-0.3, -0.25) is 9.78 Å². The van der Waals surface area contributed by atoms with Gasteiger partial charge < -0.3 is 10.6 Å². The molecule has 1 amide bonds. The molecule has 1 aliphatic rings. The SMILES string of the molecule is O=C(Nc1cc(-c2cccnc2)ccn1)c1csc(C[C@H]2CCCNC2)n1. The molecule has 2 N–H and O–H groups in total. The fourth-order valence-electron chi connectivity index (χ4n) is 3.25. The second-order valence-electron chi connectivity index (χ2n) is 6.67. The van der Waals surface area contributed by atoms with Crippen LogP contribution in [0.3, 0.4) is 0 Å². The van der Waals surface area contributed by atoms with E-state index >= 15 is 0 Å². The van der Waals surface area contributed by atoms with E-state index in [2.05, 4.69) is 25.6 Å². The molecule has 0 radical (unpaired) electrons. The minimum Gasteiger partial charge on any atom is -0.316 e. The zero-order chi connectivity index (χ0) is 18.5. The molecule has 1 atom stereocenters. The van der Waals surface area contributed by atoms with Crippen molar-refractivity contribution in [3.63, 3.8) is 0 Å². The average Bonchev–Trinajstić information content (AvgIpc) is 3.18. The van der Waals surface area contributed by atoms with E-state index in [1.807, 2.05) is 29.6 Å².